The van der Waals surface area contributed by atoms with Crippen LogP contribution in [0.2, 0.25) is 0 Å². The van der Waals surface area contributed by atoms with E-state index in [2.05, 4.69) is 15.3 Å². The van der Waals surface area contributed by atoms with Gasteiger partial charge >= 0.3 is 0 Å². The Labute approximate surface area is 82.8 Å². The fourth-order valence-electron chi connectivity index (χ4n) is 0.921. The number of aliphatic hydroxyl groups excluding tert-OH is 1. The monoisotopic (exact) mass is 197 g/mol. The van der Waals surface area contributed by atoms with Crippen molar-refractivity contribution in [3.8, 4) is 0 Å². The zero-order chi connectivity index (χ0) is 10.4. The Bertz CT molecular complexity index is 264. The van der Waals surface area contributed by atoms with E-state index in [-0.39, 0.29) is 6.61 Å². The Morgan fingerprint density at radius 1 is 1.43 bits per heavy atom. The van der Waals surface area contributed by atoms with Crippen LogP contribution in [0, 0.1) is 0 Å². The average molecular weight is 197 g/mol. The molecule has 14 heavy (non-hydrogen) atoms. The number of rotatable bonds is 5. The standard InChI is InChI=1S/C9H15N3O2/c1-9(14,7-13)6-10-5-8-11-3-2-4-12-8/h2-4,10,13-14H,5-7H2,1H3. The van der Waals surface area contributed by atoms with Gasteiger partial charge in [0.1, 0.15) is 5.82 Å². The number of nitrogens with zero attached hydrogens (tertiary/aromatic N) is 2. The van der Waals surface area contributed by atoms with Gasteiger partial charge in [-0.05, 0) is 13.0 Å². The fourth-order valence-corrected chi connectivity index (χ4v) is 0.921. The highest BCUT2D eigenvalue weighted by molar-refractivity contribution is 4.88. The van der Waals surface area contributed by atoms with Crippen molar-refractivity contribution in [2.24, 2.45) is 0 Å². The summed E-state index contributed by atoms with van der Waals surface area (Å²) in [6.45, 7) is 2.08. The van der Waals surface area contributed by atoms with Crippen molar-refractivity contribution in [3.05, 3.63) is 24.3 Å². The minimum atomic E-state index is -1.09. The van der Waals surface area contributed by atoms with Crippen LogP contribution in [0.25, 0.3) is 0 Å². The quantitative estimate of drug-likeness (QED) is 0.582. The number of hydrogen-bond acceptors (Lipinski definition) is 5. The number of aliphatic hydroxyl groups is 2. The van der Waals surface area contributed by atoms with Crippen molar-refractivity contribution in [1.82, 2.24) is 15.3 Å². The highest BCUT2D eigenvalue weighted by atomic mass is 16.3. The highest BCUT2D eigenvalue weighted by Gasteiger charge is 2.17. The van der Waals surface area contributed by atoms with Gasteiger partial charge in [0.05, 0.1) is 18.8 Å². The molecule has 0 fully saturated rings. The second-order valence-corrected chi connectivity index (χ2v) is 3.42. The lowest BCUT2D eigenvalue weighted by molar-refractivity contribution is 0.00243. The summed E-state index contributed by atoms with van der Waals surface area (Å²) in [7, 11) is 0. The number of aromatic nitrogens is 2. The first kappa shape index (κ1) is 11.0. The van der Waals surface area contributed by atoms with E-state index in [4.69, 9.17) is 5.11 Å². The summed E-state index contributed by atoms with van der Waals surface area (Å²) in [5.74, 6) is 0.668. The Morgan fingerprint density at radius 3 is 2.64 bits per heavy atom. The van der Waals surface area contributed by atoms with Crippen molar-refractivity contribution in [1.29, 1.82) is 0 Å². The second-order valence-electron chi connectivity index (χ2n) is 3.42. The largest absolute Gasteiger partial charge is 0.393 e. The lowest BCUT2D eigenvalue weighted by atomic mass is 10.1. The number of hydrogen-bond donors (Lipinski definition) is 3. The molecule has 78 valence electrons. The highest BCUT2D eigenvalue weighted by Crippen LogP contribution is 1.98. The van der Waals surface area contributed by atoms with E-state index >= 15 is 0 Å². The van der Waals surface area contributed by atoms with Gasteiger partial charge in [0.2, 0.25) is 0 Å². The van der Waals surface area contributed by atoms with Crippen LogP contribution in [0.1, 0.15) is 12.7 Å². The van der Waals surface area contributed by atoms with Gasteiger partial charge in [0, 0.05) is 18.9 Å². The third-order valence-corrected chi connectivity index (χ3v) is 1.75. The molecule has 1 rings (SSSR count). The van der Waals surface area contributed by atoms with Crippen LogP contribution in [0.3, 0.4) is 0 Å². The summed E-state index contributed by atoms with van der Waals surface area (Å²) in [6, 6.07) is 1.74. The molecular weight excluding hydrogens is 182 g/mol. The van der Waals surface area contributed by atoms with Gasteiger partial charge in [-0.25, -0.2) is 9.97 Å². The van der Waals surface area contributed by atoms with E-state index in [1.165, 1.54) is 0 Å². The lowest BCUT2D eigenvalue weighted by Crippen LogP contribution is -2.40. The third-order valence-electron chi connectivity index (χ3n) is 1.75. The van der Waals surface area contributed by atoms with Gasteiger partial charge in [0.15, 0.2) is 0 Å². The first-order valence-corrected chi connectivity index (χ1v) is 4.44. The molecule has 0 aliphatic heterocycles. The minimum absolute atomic E-state index is 0.268. The van der Waals surface area contributed by atoms with Crippen molar-refractivity contribution in [2.75, 3.05) is 13.2 Å². The van der Waals surface area contributed by atoms with Gasteiger partial charge < -0.3 is 15.5 Å². The Hall–Kier alpha value is -1.04. The van der Waals surface area contributed by atoms with Gasteiger partial charge in [-0.1, -0.05) is 0 Å². The average Bonchev–Trinajstić information content (AvgIpc) is 2.19. The molecule has 0 saturated heterocycles. The van der Waals surface area contributed by atoms with Crippen molar-refractivity contribution in [2.45, 2.75) is 19.1 Å². The smallest absolute Gasteiger partial charge is 0.141 e. The maximum atomic E-state index is 9.45. The molecule has 5 heteroatoms. The molecule has 0 aromatic carbocycles. The maximum Gasteiger partial charge on any atom is 0.141 e. The topological polar surface area (TPSA) is 78.3 Å². The van der Waals surface area contributed by atoms with Crippen LogP contribution in [0.5, 0.6) is 0 Å². The van der Waals surface area contributed by atoms with Crippen molar-refractivity contribution in [3.63, 3.8) is 0 Å². The van der Waals surface area contributed by atoms with E-state index in [0.717, 1.165) is 0 Å². The van der Waals surface area contributed by atoms with E-state index in [1.807, 2.05) is 0 Å². The molecular formula is C9H15N3O2. The molecule has 0 saturated carbocycles. The number of nitrogens with one attached hydrogen (secondary N) is 1. The molecule has 1 heterocycles. The Morgan fingerprint density at radius 2 is 2.07 bits per heavy atom. The van der Waals surface area contributed by atoms with Crippen molar-refractivity contribution >= 4 is 0 Å². The summed E-state index contributed by atoms with van der Waals surface area (Å²) >= 11 is 0. The molecule has 0 amide bonds. The third kappa shape index (κ3) is 3.78. The summed E-state index contributed by atoms with van der Waals surface area (Å²) in [4.78, 5) is 8.01. The van der Waals surface area contributed by atoms with Crippen LogP contribution in [0.15, 0.2) is 18.5 Å². The maximum absolute atomic E-state index is 9.45. The molecule has 1 atom stereocenters. The zero-order valence-electron chi connectivity index (χ0n) is 8.14. The predicted octanol–water partition coefficient (Wildman–Crippen LogP) is -0.691. The predicted molar refractivity (Wildman–Crippen MR) is 51.4 cm³/mol. The summed E-state index contributed by atoms with van der Waals surface area (Å²) in [6.07, 6.45) is 3.32. The molecule has 0 aliphatic carbocycles. The Kier molecular flexibility index (Phi) is 3.94. The van der Waals surface area contributed by atoms with Crippen LogP contribution < -0.4 is 5.32 Å². The fraction of sp³-hybridized carbons (Fsp3) is 0.556. The summed E-state index contributed by atoms with van der Waals surface area (Å²) in [5.41, 5.74) is -1.09. The van der Waals surface area contributed by atoms with E-state index in [1.54, 1.807) is 25.4 Å². The van der Waals surface area contributed by atoms with Crippen LogP contribution in [0.4, 0.5) is 0 Å². The van der Waals surface area contributed by atoms with Gasteiger partial charge in [-0.3, -0.25) is 0 Å². The molecule has 5 nitrogen and oxygen atoms in total. The first-order chi connectivity index (χ1) is 6.64. The van der Waals surface area contributed by atoms with Crippen LogP contribution in [-0.2, 0) is 6.54 Å². The summed E-state index contributed by atoms with van der Waals surface area (Å²) in [5, 5.41) is 21.2. The second kappa shape index (κ2) is 4.99. The lowest BCUT2D eigenvalue weighted by Gasteiger charge is -2.20. The summed E-state index contributed by atoms with van der Waals surface area (Å²) < 4.78 is 0. The van der Waals surface area contributed by atoms with Gasteiger partial charge in [-0.2, -0.15) is 0 Å². The SMILES string of the molecule is CC(O)(CO)CNCc1ncccn1. The van der Waals surface area contributed by atoms with E-state index in [9.17, 15) is 5.11 Å². The molecule has 1 unspecified atom stereocenters. The van der Waals surface area contributed by atoms with Gasteiger partial charge in [-0.15, -0.1) is 0 Å². The molecule has 0 bridgehead atoms. The van der Waals surface area contributed by atoms with Crippen molar-refractivity contribution < 1.29 is 10.2 Å². The molecule has 0 spiro atoms. The van der Waals surface area contributed by atoms with E-state index < -0.39 is 5.60 Å². The van der Waals surface area contributed by atoms with Crippen LogP contribution in [-0.4, -0.2) is 38.9 Å². The molecule has 1 aromatic heterocycles. The minimum Gasteiger partial charge on any atom is -0.393 e. The molecule has 3 N–H and O–H groups in total. The Balaban J connectivity index is 2.29. The van der Waals surface area contributed by atoms with Crippen LogP contribution >= 0.6 is 0 Å². The van der Waals surface area contributed by atoms with Gasteiger partial charge in [0.25, 0.3) is 0 Å². The van der Waals surface area contributed by atoms with E-state index in [0.29, 0.717) is 18.9 Å². The normalized spacial score (nSPS) is 15.1. The molecule has 1 aromatic rings. The molecule has 0 radical (unpaired) electrons. The molecule has 0 aliphatic rings. The zero-order valence-corrected chi connectivity index (χ0v) is 8.14. The first-order valence-electron chi connectivity index (χ1n) is 4.44.